The zero-order valence-corrected chi connectivity index (χ0v) is 10.4. The van der Waals surface area contributed by atoms with E-state index in [1.807, 2.05) is 0 Å². The first-order valence-electron chi connectivity index (χ1n) is 3.40. The molecular weight excluding hydrogens is 245 g/mol. The van der Waals surface area contributed by atoms with Crippen molar-refractivity contribution >= 4 is 36.1 Å². The molecule has 0 aliphatic carbocycles. The molecule has 84 valence electrons. The molecule has 0 bridgehead atoms. The first kappa shape index (κ1) is 19.4. The summed E-state index contributed by atoms with van der Waals surface area (Å²) in [6.45, 7) is 4.24. The Hall–Kier alpha value is -0.130. The van der Waals surface area contributed by atoms with Gasteiger partial charge in [0.25, 0.3) is 0 Å². The van der Waals surface area contributed by atoms with Gasteiger partial charge in [-0.1, -0.05) is 24.3 Å². The lowest BCUT2D eigenvalue weighted by atomic mass is 10.1. The molecule has 0 amide bonds. The second kappa shape index (κ2) is 10.9. The predicted molar refractivity (Wildman–Crippen MR) is 63.5 cm³/mol. The molecule has 1 unspecified atom stereocenters. The van der Waals surface area contributed by atoms with Crippen LogP contribution < -0.4 is 5.14 Å². The number of rotatable bonds is 0. The normalized spacial score (nSPS) is 9.71. The first-order valence-corrected chi connectivity index (χ1v) is 4.53. The number of benzene rings is 1. The smallest absolute Gasteiger partial charge is 0.0152 e. The summed E-state index contributed by atoms with van der Waals surface area (Å²) in [4.78, 5) is 0. The number of halogens is 2. The Kier molecular flexibility index (Phi) is 15.2. The molecule has 1 atom stereocenters. The van der Waals surface area contributed by atoms with E-state index in [0.29, 0.717) is 0 Å². The van der Waals surface area contributed by atoms with E-state index in [4.69, 9.17) is 8.76 Å². The van der Waals surface area contributed by atoms with Crippen LogP contribution in [0.25, 0.3) is 0 Å². The Morgan fingerprint density at radius 3 is 1.50 bits per heavy atom. The molecule has 0 saturated heterocycles. The van der Waals surface area contributed by atoms with Gasteiger partial charge in [-0.3, -0.25) is 9.35 Å². The molecule has 0 heterocycles. The molecule has 1 aromatic carbocycles. The van der Waals surface area contributed by atoms with Crippen LogP contribution in [0.2, 0.25) is 0 Å². The SMILES string of the molecule is Cc1ccccc1C.Cl.Cl.NS(=O)[O-]. The van der Waals surface area contributed by atoms with E-state index in [9.17, 15) is 0 Å². The topological polar surface area (TPSA) is 66.2 Å². The average molecular weight is 259 g/mol. The molecule has 14 heavy (non-hydrogen) atoms. The van der Waals surface area contributed by atoms with Gasteiger partial charge in [-0.2, -0.15) is 0 Å². The summed E-state index contributed by atoms with van der Waals surface area (Å²) in [5.74, 6) is 0. The molecule has 0 spiro atoms. The van der Waals surface area contributed by atoms with Crippen LogP contribution >= 0.6 is 24.8 Å². The maximum absolute atomic E-state index is 8.78. The van der Waals surface area contributed by atoms with Crippen molar-refractivity contribution in [1.82, 2.24) is 0 Å². The lowest BCUT2D eigenvalue weighted by molar-refractivity contribution is 0.539. The van der Waals surface area contributed by atoms with Crippen LogP contribution in [0.1, 0.15) is 11.1 Å². The lowest BCUT2D eigenvalue weighted by Gasteiger charge is -1.93. The lowest BCUT2D eigenvalue weighted by Crippen LogP contribution is -1.97. The van der Waals surface area contributed by atoms with E-state index in [1.54, 1.807) is 0 Å². The minimum atomic E-state index is -2.36. The molecule has 1 aromatic rings. The van der Waals surface area contributed by atoms with Gasteiger partial charge in [-0.25, -0.2) is 0 Å². The highest BCUT2D eigenvalue weighted by atomic mass is 35.5. The van der Waals surface area contributed by atoms with E-state index in [1.165, 1.54) is 11.1 Å². The fourth-order valence-corrected chi connectivity index (χ4v) is 0.663. The minimum absolute atomic E-state index is 0. The molecular formula is C8H14Cl2NO2S-. The van der Waals surface area contributed by atoms with Crippen molar-refractivity contribution in [3.8, 4) is 0 Å². The van der Waals surface area contributed by atoms with E-state index < -0.39 is 11.3 Å². The highest BCUT2D eigenvalue weighted by Gasteiger charge is 1.83. The quantitative estimate of drug-likeness (QED) is 0.723. The Bertz CT molecular complexity index is 246. The number of nitrogens with two attached hydrogens (primary N) is 1. The summed E-state index contributed by atoms with van der Waals surface area (Å²) < 4.78 is 17.6. The van der Waals surface area contributed by atoms with Crippen molar-refractivity contribution in [3.63, 3.8) is 0 Å². The summed E-state index contributed by atoms with van der Waals surface area (Å²) in [7, 11) is 0. The van der Waals surface area contributed by atoms with Crippen LogP contribution in [0.3, 0.4) is 0 Å². The van der Waals surface area contributed by atoms with Crippen molar-refractivity contribution in [1.29, 1.82) is 0 Å². The van der Waals surface area contributed by atoms with E-state index >= 15 is 0 Å². The number of aryl methyl sites for hydroxylation is 2. The third-order valence-electron chi connectivity index (χ3n) is 1.43. The number of hydrogen-bond donors (Lipinski definition) is 1. The van der Waals surface area contributed by atoms with E-state index in [-0.39, 0.29) is 24.8 Å². The van der Waals surface area contributed by atoms with Gasteiger partial charge >= 0.3 is 0 Å². The second-order valence-electron chi connectivity index (χ2n) is 2.34. The Morgan fingerprint density at radius 1 is 1.14 bits per heavy atom. The fraction of sp³-hybridized carbons (Fsp3) is 0.250. The standard InChI is InChI=1S/C8H10.2ClH.H3NO2S/c1-7-5-3-4-6-8(7)2;;;1-4(2)3/h3-6H,1-2H3;2*1H;1H2,(H,2,3)/p-1. The molecule has 0 aliphatic heterocycles. The zero-order chi connectivity index (χ0) is 9.56. The Morgan fingerprint density at radius 2 is 1.36 bits per heavy atom. The first-order chi connectivity index (χ1) is 5.54. The molecule has 0 aliphatic rings. The average Bonchev–Trinajstić information content (AvgIpc) is 1.94. The van der Waals surface area contributed by atoms with Crippen LogP contribution in [-0.4, -0.2) is 8.76 Å². The van der Waals surface area contributed by atoms with Crippen LogP contribution in [0.5, 0.6) is 0 Å². The third-order valence-corrected chi connectivity index (χ3v) is 1.43. The maximum atomic E-state index is 8.78. The Labute approximate surface area is 99.3 Å². The summed E-state index contributed by atoms with van der Waals surface area (Å²) in [5, 5.41) is 4.03. The molecule has 0 fully saturated rings. The van der Waals surface area contributed by atoms with Crippen molar-refractivity contribution < 1.29 is 8.76 Å². The van der Waals surface area contributed by atoms with Gasteiger partial charge in [0.1, 0.15) is 0 Å². The molecule has 6 heteroatoms. The monoisotopic (exact) mass is 258 g/mol. The number of hydrogen-bond acceptors (Lipinski definition) is 2. The van der Waals surface area contributed by atoms with Gasteiger partial charge in [-0.05, 0) is 25.0 Å². The zero-order valence-electron chi connectivity index (χ0n) is 7.93. The third kappa shape index (κ3) is 11.9. The fourth-order valence-electron chi connectivity index (χ4n) is 0.663. The van der Waals surface area contributed by atoms with Crippen LogP contribution in [0.15, 0.2) is 24.3 Å². The van der Waals surface area contributed by atoms with Crippen molar-refractivity contribution in [3.05, 3.63) is 35.4 Å². The van der Waals surface area contributed by atoms with Gasteiger partial charge < -0.3 is 4.55 Å². The summed E-state index contributed by atoms with van der Waals surface area (Å²) >= 11 is -2.36. The summed E-state index contributed by atoms with van der Waals surface area (Å²) in [5.41, 5.74) is 2.74. The van der Waals surface area contributed by atoms with Crippen LogP contribution in [-0.2, 0) is 11.3 Å². The molecule has 0 aromatic heterocycles. The minimum Gasteiger partial charge on any atom is -0.760 e. The van der Waals surface area contributed by atoms with Gasteiger partial charge in [0.05, 0.1) is 0 Å². The van der Waals surface area contributed by atoms with Gasteiger partial charge in [0.2, 0.25) is 0 Å². The van der Waals surface area contributed by atoms with Crippen molar-refractivity contribution in [2.24, 2.45) is 5.14 Å². The highest BCUT2D eigenvalue weighted by molar-refractivity contribution is 7.76. The maximum Gasteiger partial charge on any atom is 0.0152 e. The molecule has 0 saturated carbocycles. The van der Waals surface area contributed by atoms with Crippen LogP contribution in [0, 0.1) is 13.8 Å². The van der Waals surface area contributed by atoms with Crippen LogP contribution in [0.4, 0.5) is 0 Å². The molecule has 0 radical (unpaired) electrons. The van der Waals surface area contributed by atoms with E-state index in [2.05, 4.69) is 43.3 Å². The second-order valence-corrected chi connectivity index (χ2v) is 2.87. The summed E-state index contributed by atoms with van der Waals surface area (Å²) in [6, 6.07) is 8.36. The van der Waals surface area contributed by atoms with Gasteiger partial charge in [-0.15, -0.1) is 24.8 Å². The van der Waals surface area contributed by atoms with Crippen molar-refractivity contribution in [2.75, 3.05) is 0 Å². The molecule has 1 rings (SSSR count). The van der Waals surface area contributed by atoms with Crippen molar-refractivity contribution in [2.45, 2.75) is 13.8 Å². The van der Waals surface area contributed by atoms with E-state index in [0.717, 1.165) is 0 Å². The van der Waals surface area contributed by atoms with Gasteiger partial charge in [0.15, 0.2) is 0 Å². The largest absolute Gasteiger partial charge is 0.760 e. The summed E-state index contributed by atoms with van der Waals surface area (Å²) in [6.07, 6.45) is 0. The van der Waals surface area contributed by atoms with Gasteiger partial charge in [0, 0.05) is 11.3 Å². The molecule has 3 nitrogen and oxygen atoms in total. The Balaban J connectivity index is -0.000000180. The predicted octanol–water partition coefficient (Wildman–Crippen LogP) is 1.89. The molecule has 2 N–H and O–H groups in total. The highest BCUT2D eigenvalue weighted by Crippen LogP contribution is 2.02.